The Morgan fingerprint density at radius 1 is 0.727 bits per heavy atom. The van der Waals surface area contributed by atoms with Crippen molar-refractivity contribution in [1.82, 2.24) is 0 Å². The van der Waals surface area contributed by atoms with Crippen LogP contribution in [0.1, 0.15) is 116 Å². The summed E-state index contributed by atoms with van der Waals surface area (Å²) in [5.41, 5.74) is 0. The van der Waals surface area contributed by atoms with E-state index in [4.69, 9.17) is 0 Å². The second-order valence-corrected chi connectivity index (χ2v) is 9.07. The molecule has 1 rings (SSSR count). The molecule has 22 heavy (non-hydrogen) atoms. The van der Waals surface area contributed by atoms with Crippen LogP contribution in [-0.4, -0.2) is 15.2 Å². The van der Waals surface area contributed by atoms with Crippen molar-refractivity contribution in [3.8, 4) is 0 Å². The van der Waals surface area contributed by atoms with Crippen molar-refractivity contribution >= 4 is 10.8 Å². The summed E-state index contributed by atoms with van der Waals surface area (Å²) in [6.07, 6.45) is 23.6. The fourth-order valence-electron chi connectivity index (χ4n) is 3.59. The Balaban J connectivity index is 1.70. The Kier molecular flexibility index (Phi) is 13.5. The van der Waals surface area contributed by atoms with Gasteiger partial charge in [0.05, 0.1) is 0 Å². The molecule has 0 aromatic carbocycles. The third-order valence-corrected chi connectivity index (χ3v) is 7.03. The van der Waals surface area contributed by atoms with E-state index in [2.05, 4.69) is 6.92 Å². The van der Waals surface area contributed by atoms with Crippen molar-refractivity contribution in [2.75, 3.05) is 5.75 Å². The first-order valence-corrected chi connectivity index (χ1v) is 11.6. The summed E-state index contributed by atoms with van der Waals surface area (Å²) in [4.78, 5) is 0. The van der Waals surface area contributed by atoms with E-state index in [0.717, 1.165) is 5.75 Å². The Morgan fingerprint density at radius 2 is 1.18 bits per heavy atom. The molecule has 0 radical (unpaired) electrons. The molecule has 0 aromatic rings. The van der Waals surface area contributed by atoms with Crippen molar-refractivity contribution in [2.24, 2.45) is 0 Å². The number of hydrogen-bond acceptors (Lipinski definition) is 1. The Hall–Kier alpha value is 0.150. The predicted octanol–water partition coefficient (Wildman–Crippen LogP) is 6.77. The first-order valence-electron chi connectivity index (χ1n) is 10.2. The van der Waals surface area contributed by atoms with Crippen LogP contribution in [0.25, 0.3) is 0 Å². The summed E-state index contributed by atoms with van der Waals surface area (Å²) in [5.74, 6) is 0.975. The van der Waals surface area contributed by atoms with E-state index in [1.807, 2.05) is 0 Å². The summed E-state index contributed by atoms with van der Waals surface area (Å²) < 4.78 is 11.7. The number of hydrogen-bond donors (Lipinski definition) is 0. The monoisotopic (exact) mass is 328 g/mol. The highest BCUT2D eigenvalue weighted by Gasteiger charge is 2.21. The summed E-state index contributed by atoms with van der Waals surface area (Å²) in [6.45, 7) is 2.29. The summed E-state index contributed by atoms with van der Waals surface area (Å²) in [7, 11) is -0.477. The lowest BCUT2D eigenvalue weighted by Crippen LogP contribution is -2.08. The van der Waals surface area contributed by atoms with E-state index >= 15 is 0 Å². The zero-order chi connectivity index (χ0) is 15.9. The molecular formula is C20H40OS. The van der Waals surface area contributed by atoms with Gasteiger partial charge in [-0.2, -0.15) is 0 Å². The van der Waals surface area contributed by atoms with Gasteiger partial charge in [0.1, 0.15) is 0 Å². The van der Waals surface area contributed by atoms with Gasteiger partial charge in [-0.15, -0.1) is 0 Å². The molecule has 2 unspecified atom stereocenters. The van der Waals surface area contributed by atoms with Crippen molar-refractivity contribution in [1.29, 1.82) is 0 Å². The molecule has 1 nitrogen and oxygen atoms in total. The highest BCUT2D eigenvalue weighted by Crippen LogP contribution is 2.22. The van der Waals surface area contributed by atoms with Crippen molar-refractivity contribution in [3.05, 3.63) is 0 Å². The summed E-state index contributed by atoms with van der Waals surface area (Å²) in [6, 6.07) is 0. The van der Waals surface area contributed by atoms with Crippen LogP contribution in [0.5, 0.6) is 0 Å². The van der Waals surface area contributed by atoms with Crippen LogP contribution < -0.4 is 0 Å². The fourth-order valence-corrected chi connectivity index (χ4v) is 5.24. The molecule has 1 heterocycles. The van der Waals surface area contributed by atoms with Gasteiger partial charge in [-0.3, -0.25) is 4.21 Å². The Bertz CT molecular complexity index is 264. The van der Waals surface area contributed by atoms with Gasteiger partial charge in [0.25, 0.3) is 0 Å². The molecule has 0 amide bonds. The van der Waals surface area contributed by atoms with Crippen LogP contribution in [0.4, 0.5) is 0 Å². The standard InChI is InChI=1S/C20H40OS/c1-2-3-4-5-6-7-8-9-10-11-12-13-14-15-17-20-18-16-19-22(20)21/h20H,2-19H2,1H3. The van der Waals surface area contributed by atoms with Crippen molar-refractivity contribution < 1.29 is 4.21 Å². The Labute approximate surface area is 142 Å². The maximum absolute atomic E-state index is 11.7. The first kappa shape index (κ1) is 20.2. The molecule has 1 fully saturated rings. The first-order chi connectivity index (χ1) is 10.8. The van der Waals surface area contributed by atoms with Crippen LogP contribution in [0.3, 0.4) is 0 Å². The van der Waals surface area contributed by atoms with E-state index in [1.165, 1.54) is 109 Å². The van der Waals surface area contributed by atoms with Crippen LogP contribution >= 0.6 is 0 Å². The smallest absolute Gasteiger partial charge is 0.0348 e. The number of unbranched alkanes of at least 4 members (excludes halogenated alkanes) is 13. The molecular weight excluding hydrogens is 288 g/mol. The predicted molar refractivity (Wildman–Crippen MR) is 101 cm³/mol. The lowest BCUT2D eigenvalue weighted by atomic mass is 10.0. The minimum absolute atomic E-state index is 0.477. The minimum Gasteiger partial charge on any atom is -0.259 e. The van der Waals surface area contributed by atoms with Gasteiger partial charge in [0.15, 0.2) is 0 Å². The van der Waals surface area contributed by atoms with Crippen molar-refractivity contribution in [2.45, 2.75) is 121 Å². The molecule has 2 heteroatoms. The second-order valence-electron chi connectivity index (χ2n) is 7.23. The molecule has 0 bridgehead atoms. The third-order valence-electron chi connectivity index (χ3n) is 5.12. The zero-order valence-electron chi connectivity index (χ0n) is 15.1. The average Bonchev–Trinajstić information content (AvgIpc) is 2.93. The topological polar surface area (TPSA) is 17.1 Å². The third kappa shape index (κ3) is 10.8. The van der Waals surface area contributed by atoms with Crippen LogP contribution in [0, 0.1) is 0 Å². The van der Waals surface area contributed by atoms with E-state index < -0.39 is 10.8 Å². The largest absolute Gasteiger partial charge is 0.259 e. The molecule has 0 spiro atoms. The minimum atomic E-state index is -0.477. The summed E-state index contributed by atoms with van der Waals surface area (Å²) >= 11 is 0. The van der Waals surface area contributed by atoms with E-state index in [0.29, 0.717) is 5.25 Å². The van der Waals surface area contributed by atoms with Crippen LogP contribution in [0.15, 0.2) is 0 Å². The Morgan fingerprint density at radius 3 is 1.59 bits per heavy atom. The molecule has 0 N–H and O–H groups in total. The highest BCUT2D eigenvalue weighted by atomic mass is 32.2. The SMILES string of the molecule is CCCCCCCCCCCCCCCCC1CCCS1=O. The maximum Gasteiger partial charge on any atom is 0.0348 e. The second kappa shape index (κ2) is 14.7. The molecule has 0 aliphatic carbocycles. The molecule has 0 saturated carbocycles. The maximum atomic E-state index is 11.7. The van der Waals surface area contributed by atoms with Crippen molar-refractivity contribution in [3.63, 3.8) is 0 Å². The van der Waals surface area contributed by atoms with Gasteiger partial charge in [-0.1, -0.05) is 96.8 Å². The normalized spacial score (nSPS) is 21.5. The molecule has 2 atom stereocenters. The van der Waals surface area contributed by atoms with Gasteiger partial charge >= 0.3 is 0 Å². The van der Waals surface area contributed by atoms with Crippen LogP contribution in [0.2, 0.25) is 0 Å². The molecule has 132 valence electrons. The van der Waals surface area contributed by atoms with Gasteiger partial charge in [0.2, 0.25) is 0 Å². The lowest BCUT2D eigenvalue weighted by molar-refractivity contribution is 0.529. The quantitative estimate of drug-likeness (QED) is 0.303. The average molecular weight is 329 g/mol. The van der Waals surface area contributed by atoms with Crippen LogP contribution in [-0.2, 0) is 10.8 Å². The fraction of sp³-hybridized carbons (Fsp3) is 1.00. The molecule has 1 saturated heterocycles. The van der Waals surface area contributed by atoms with Gasteiger partial charge in [-0.05, 0) is 19.3 Å². The van der Waals surface area contributed by atoms with E-state index in [9.17, 15) is 4.21 Å². The molecule has 1 aliphatic heterocycles. The van der Waals surface area contributed by atoms with Gasteiger partial charge in [0, 0.05) is 21.8 Å². The zero-order valence-corrected chi connectivity index (χ0v) is 15.9. The van der Waals surface area contributed by atoms with Gasteiger partial charge < -0.3 is 0 Å². The van der Waals surface area contributed by atoms with Gasteiger partial charge in [-0.25, -0.2) is 0 Å². The van der Waals surface area contributed by atoms with E-state index in [-0.39, 0.29) is 0 Å². The highest BCUT2D eigenvalue weighted by molar-refractivity contribution is 7.85. The van der Waals surface area contributed by atoms with E-state index in [1.54, 1.807) is 0 Å². The summed E-state index contributed by atoms with van der Waals surface area (Å²) in [5, 5.41) is 0.553. The molecule has 0 aromatic heterocycles. The molecule has 1 aliphatic rings. The number of rotatable bonds is 15. The lowest BCUT2D eigenvalue weighted by Gasteiger charge is -2.07.